The molecule has 0 saturated heterocycles. The van der Waals surface area contributed by atoms with E-state index in [-0.39, 0.29) is 0 Å². The van der Waals surface area contributed by atoms with Crippen LogP contribution >= 0.6 is 0 Å². The molecule has 196 valence electrons. The van der Waals surface area contributed by atoms with Crippen LogP contribution in [-0.4, -0.2) is 10.2 Å². The number of fused-ring (bicyclic) bond motifs is 10. The van der Waals surface area contributed by atoms with Gasteiger partial charge in [0.05, 0.1) is 16.8 Å². The first kappa shape index (κ1) is 23.2. The van der Waals surface area contributed by atoms with Crippen LogP contribution in [-0.2, 0) is 5.41 Å². The maximum absolute atomic E-state index is 6.57. The lowest BCUT2D eigenvalue weighted by Crippen LogP contribution is -2.32. The highest BCUT2D eigenvalue weighted by molar-refractivity contribution is 5.96. The van der Waals surface area contributed by atoms with Crippen LogP contribution in [0.15, 0.2) is 146 Å². The highest BCUT2D eigenvalue weighted by Crippen LogP contribution is 2.62. The normalized spacial score (nSPS) is 13.6. The SMILES string of the molecule is c1ccc2c(c1)Oc1ccc(-c3ccc(-c4cccc5ccccc45)nn3)cc1C21c2ccccc2-c2ccccc21. The van der Waals surface area contributed by atoms with Crippen LogP contribution in [0.5, 0.6) is 11.5 Å². The Bertz CT molecular complexity index is 2130. The molecule has 1 aliphatic carbocycles. The Labute approximate surface area is 243 Å². The average molecular weight is 537 g/mol. The van der Waals surface area contributed by atoms with Crippen LogP contribution in [0, 0.1) is 0 Å². The summed E-state index contributed by atoms with van der Waals surface area (Å²) in [5, 5.41) is 11.8. The van der Waals surface area contributed by atoms with Crippen molar-refractivity contribution < 1.29 is 4.74 Å². The molecule has 42 heavy (non-hydrogen) atoms. The van der Waals surface area contributed by atoms with Gasteiger partial charge in [-0.25, -0.2) is 0 Å². The van der Waals surface area contributed by atoms with Crippen molar-refractivity contribution in [1.82, 2.24) is 10.2 Å². The zero-order valence-corrected chi connectivity index (χ0v) is 22.7. The molecule has 0 fully saturated rings. The molecular formula is C39H24N2O. The van der Waals surface area contributed by atoms with E-state index >= 15 is 0 Å². The van der Waals surface area contributed by atoms with Gasteiger partial charge in [-0.1, -0.05) is 109 Å². The number of hydrogen-bond acceptors (Lipinski definition) is 3. The molecule has 0 saturated carbocycles. The molecule has 0 N–H and O–H groups in total. The Balaban J connectivity index is 1.24. The van der Waals surface area contributed by atoms with Gasteiger partial charge in [0.15, 0.2) is 0 Å². The van der Waals surface area contributed by atoms with Crippen LogP contribution in [0.25, 0.3) is 44.4 Å². The third-order valence-corrected chi connectivity index (χ3v) is 8.87. The Morgan fingerprint density at radius 1 is 0.429 bits per heavy atom. The van der Waals surface area contributed by atoms with E-state index in [1.165, 1.54) is 33.0 Å². The van der Waals surface area contributed by atoms with Gasteiger partial charge in [-0.05, 0) is 69.4 Å². The van der Waals surface area contributed by atoms with Crippen LogP contribution in [0.4, 0.5) is 0 Å². The van der Waals surface area contributed by atoms with E-state index in [1.807, 2.05) is 6.07 Å². The Hall–Kier alpha value is -5.54. The molecule has 0 amide bonds. The third-order valence-electron chi connectivity index (χ3n) is 8.87. The molecular weight excluding hydrogens is 512 g/mol. The number of hydrogen-bond donors (Lipinski definition) is 0. The monoisotopic (exact) mass is 536 g/mol. The number of aromatic nitrogens is 2. The summed E-state index contributed by atoms with van der Waals surface area (Å²) >= 11 is 0. The molecule has 3 heteroatoms. The lowest BCUT2D eigenvalue weighted by molar-refractivity contribution is 0.436. The first-order valence-corrected chi connectivity index (χ1v) is 14.3. The van der Waals surface area contributed by atoms with Crippen molar-refractivity contribution in [2.75, 3.05) is 0 Å². The van der Waals surface area contributed by atoms with Gasteiger partial charge in [-0.15, -0.1) is 10.2 Å². The topological polar surface area (TPSA) is 35.0 Å². The summed E-state index contributed by atoms with van der Waals surface area (Å²) in [4.78, 5) is 0. The van der Waals surface area contributed by atoms with Crippen molar-refractivity contribution in [1.29, 1.82) is 0 Å². The minimum atomic E-state index is -0.496. The van der Waals surface area contributed by atoms with Gasteiger partial charge < -0.3 is 4.74 Å². The standard InChI is InChI=1S/C39H24N2O/c1-2-12-27-25(10-1)11-9-15-30(27)36-22-21-35(40-41-36)26-20-23-38-34(24-26)39(33-18-7-8-19-37(33)42-38)31-16-5-3-13-28(31)29-14-4-6-17-32(29)39/h1-24H. The molecule has 3 nitrogen and oxygen atoms in total. The largest absolute Gasteiger partial charge is 0.457 e. The van der Waals surface area contributed by atoms with E-state index in [0.29, 0.717) is 0 Å². The van der Waals surface area contributed by atoms with Crippen LogP contribution in [0.2, 0.25) is 0 Å². The fourth-order valence-electron chi connectivity index (χ4n) is 7.09. The molecule has 2 aliphatic rings. The van der Waals surface area contributed by atoms with Gasteiger partial charge in [-0.3, -0.25) is 0 Å². The summed E-state index contributed by atoms with van der Waals surface area (Å²) in [6.45, 7) is 0. The molecule has 7 aromatic rings. The van der Waals surface area contributed by atoms with Gasteiger partial charge in [0.2, 0.25) is 0 Å². The highest BCUT2D eigenvalue weighted by atomic mass is 16.5. The number of para-hydroxylation sites is 1. The summed E-state index contributed by atoms with van der Waals surface area (Å²) in [6, 6.07) is 51.3. The van der Waals surface area contributed by atoms with Crippen molar-refractivity contribution >= 4 is 10.8 Å². The Morgan fingerprint density at radius 3 is 1.81 bits per heavy atom. The summed E-state index contributed by atoms with van der Waals surface area (Å²) in [7, 11) is 0. The van der Waals surface area contributed by atoms with Crippen LogP contribution in [0.1, 0.15) is 22.3 Å². The molecule has 0 unspecified atom stereocenters. The first-order valence-electron chi connectivity index (χ1n) is 14.3. The summed E-state index contributed by atoms with van der Waals surface area (Å²) in [5.41, 5.74) is 10.6. The van der Waals surface area contributed by atoms with Crippen LogP contribution in [0.3, 0.4) is 0 Å². The lowest BCUT2D eigenvalue weighted by Gasteiger charge is -2.39. The third kappa shape index (κ3) is 3.11. The Morgan fingerprint density at radius 2 is 1.02 bits per heavy atom. The van der Waals surface area contributed by atoms with Crippen molar-refractivity contribution in [2.24, 2.45) is 0 Å². The molecule has 6 aromatic carbocycles. The molecule has 2 heterocycles. The second-order valence-electron chi connectivity index (χ2n) is 11.0. The van der Waals surface area contributed by atoms with Crippen molar-refractivity contribution in [3.63, 3.8) is 0 Å². The molecule has 0 radical (unpaired) electrons. The molecule has 0 atom stereocenters. The van der Waals surface area contributed by atoms with Crippen molar-refractivity contribution in [3.8, 4) is 45.1 Å². The molecule has 1 spiro atoms. The predicted octanol–water partition coefficient (Wildman–Crippen LogP) is 9.43. The van der Waals surface area contributed by atoms with E-state index in [0.717, 1.165) is 45.1 Å². The van der Waals surface area contributed by atoms with Crippen LogP contribution < -0.4 is 4.74 Å². The fourth-order valence-corrected chi connectivity index (χ4v) is 7.09. The summed E-state index contributed by atoms with van der Waals surface area (Å²) in [5.74, 6) is 1.76. The minimum absolute atomic E-state index is 0.496. The predicted molar refractivity (Wildman–Crippen MR) is 168 cm³/mol. The average Bonchev–Trinajstić information content (AvgIpc) is 3.35. The number of benzene rings is 6. The first-order chi connectivity index (χ1) is 20.8. The van der Waals surface area contributed by atoms with Gasteiger partial charge in [0.1, 0.15) is 11.5 Å². The van der Waals surface area contributed by atoms with E-state index in [9.17, 15) is 0 Å². The van der Waals surface area contributed by atoms with Gasteiger partial charge in [0, 0.05) is 22.3 Å². The van der Waals surface area contributed by atoms with E-state index in [4.69, 9.17) is 14.9 Å². The van der Waals surface area contributed by atoms with Gasteiger partial charge in [0.25, 0.3) is 0 Å². The van der Waals surface area contributed by atoms with Gasteiger partial charge >= 0.3 is 0 Å². The van der Waals surface area contributed by atoms with Crippen molar-refractivity contribution in [3.05, 3.63) is 168 Å². The number of nitrogens with zero attached hydrogens (tertiary/aromatic N) is 2. The van der Waals surface area contributed by atoms with E-state index < -0.39 is 5.41 Å². The summed E-state index contributed by atoms with van der Waals surface area (Å²) in [6.07, 6.45) is 0. The molecule has 1 aliphatic heterocycles. The lowest BCUT2D eigenvalue weighted by atomic mass is 9.66. The maximum atomic E-state index is 6.57. The fraction of sp³-hybridized carbons (Fsp3) is 0.0256. The number of ether oxygens (including phenoxy) is 1. The molecule has 9 rings (SSSR count). The second-order valence-corrected chi connectivity index (χ2v) is 11.0. The zero-order valence-electron chi connectivity index (χ0n) is 22.7. The highest BCUT2D eigenvalue weighted by Gasteiger charge is 2.50. The van der Waals surface area contributed by atoms with Gasteiger partial charge in [-0.2, -0.15) is 0 Å². The molecule has 0 bridgehead atoms. The minimum Gasteiger partial charge on any atom is -0.457 e. The van der Waals surface area contributed by atoms with E-state index in [1.54, 1.807) is 0 Å². The maximum Gasteiger partial charge on any atom is 0.132 e. The zero-order chi connectivity index (χ0) is 27.7. The Kier molecular flexibility index (Phi) is 4.82. The van der Waals surface area contributed by atoms with Crippen molar-refractivity contribution in [2.45, 2.75) is 5.41 Å². The summed E-state index contributed by atoms with van der Waals surface area (Å²) < 4.78 is 6.57. The second kappa shape index (κ2) is 8.73. The van der Waals surface area contributed by atoms with E-state index in [2.05, 4.69) is 140 Å². The quantitative estimate of drug-likeness (QED) is 0.221. The molecule has 1 aromatic heterocycles. The smallest absolute Gasteiger partial charge is 0.132 e. The number of rotatable bonds is 2.